The van der Waals surface area contributed by atoms with E-state index in [1.165, 1.54) is 19.3 Å². The van der Waals surface area contributed by atoms with Gasteiger partial charge in [0.15, 0.2) is 5.96 Å². The molecule has 24 heavy (non-hydrogen) atoms. The Morgan fingerprint density at radius 3 is 2.75 bits per heavy atom. The summed E-state index contributed by atoms with van der Waals surface area (Å²) in [7, 11) is 1.69. The minimum Gasteiger partial charge on any atom is -0.474 e. The van der Waals surface area contributed by atoms with E-state index in [0.29, 0.717) is 19.3 Å². The number of methoxy groups -OCH3 is 1. The Bertz CT molecular complexity index is 484. The third kappa shape index (κ3) is 6.74. The zero-order valence-electron chi connectivity index (χ0n) is 14.9. The lowest BCUT2D eigenvalue weighted by Gasteiger charge is -2.22. The number of guanidine groups is 1. The van der Waals surface area contributed by atoms with E-state index in [-0.39, 0.29) is 0 Å². The minimum atomic E-state index is 0.334. The average molecular weight is 334 g/mol. The number of aliphatic imine (C=N–C) groups is 1. The van der Waals surface area contributed by atoms with Gasteiger partial charge in [0.2, 0.25) is 5.88 Å². The van der Waals surface area contributed by atoms with Crippen LogP contribution in [-0.2, 0) is 11.3 Å². The van der Waals surface area contributed by atoms with Crippen LogP contribution >= 0.6 is 0 Å². The molecule has 0 aliphatic heterocycles. The van der Waals surface area contributed by atoms with Crippen molar-refractivity contribution in [2.24, 2.45) is 4.99 Å². The minimum absolute atomic E-state index is 0.334. The molecular formula is C18H30N4O2. The molecule has 0 atom stereocenters. The van der Waals surface area contributed by atoms with Crippen LogP contribution in [-0.4, -0.2) is 43.9 Å². The fourth-order valence-electron chi connectivity index (χ4n) is 2.71. The summed E-state index contributed by atoms with van der Waals surface area (Å²) in [5.41, 5.74) is 1.06. The number of ether oxygens (including phenoxy) is 2. The zero-order valence-corrected chi connectivity index (χ0v) is 14.9. The summed E-state index contributed by atoms with van der Waals surface area (Å²) in [6, 6.07) is 3.98. The third-order valence-corrected chi connectivity index (χ3v) is 4.00. The lowest BCUT2D eigenvalue weighted by atomic mass is 9.98. The molecule has 0 aromatic carbocycles. The van der Waals surface area contributed by atoms with E-state index >= 15 is 0 Å². The molecule has 6 heteroatoms. The molecule has 0 amide bonds. The van der Waals surface area contributed by atoms with E-state index in [1.54, 1.807) is 7.11 Å². The lowest BCUT2D eigenvalue weighted by Crippen LogP contribution is -2.38. The third-order valence-electron chi connectivity index (χ3n) is 4.00. The van der Waals surface area contributed by atoms with Crippen molar-refractivity contribution < 1.29 is 9.47 Å². The van der Waals surface area contributed by atoms with Gasteiger partial charge in [-0.3, -0.25) is 0 Å². The van der Waals surface area contributed by atoms with E-state index in [9.17, 15) is 0 Å². The van der Waals surface area contributed by atoms with Gasteiger partial charge in [0, 0.05) is 32.5 Å². The summed E-state index contributed by atoms with van der Waals surface area (Å²) < 4.78 is 11.0. The smallest absolute Gasteiger partial charge is 0.213 e. The maximum atomic E-state index is 5.95. The van der Waals surface area contributed by atoms with Crippen molar-refractivity contribution in [3.8, 4) is 5.88 Å². The van der Waals surface area contributed by atoms with Crippen molar-refractivity contribution >= 4 is 5.96 Å². The standard InChI is InChI=1S/C18H30N4O2/c1-3-19-18(20-11-12-23-2)22-14-15-9-10-17(21-13-15)24-16-7-5-4-6-8-16/h9-10,13,16H,3-8,11-12,14H2,1-2H3,(H2,19,20,22). The summed E-state index contributed by atoms with van der Waals surface area (Å²) in [6.45, 7) is 4.84. The molecule has 134 valence electrons. The van der Waals surface area contributed by atoms with Crippen molar-refractivity contribution in [1.29, 1.82) is 0 Å². The SMILES string of the molecule is CCNC(=NCc1ccc(OC2CCCCC2)nc1)NCCOC. The summed E-state index contributed by atoms with van der Waals surface area (Å²) in [4.78, 5) is 8.98. The molecule has 6 nitrogen and oxygen atoms in total. The van der Waals surface area contributed by atoms with Crippen molar-refractivity contribution in [2.75, 3.05) is 26.8 Å². The van der Waals surface area contributed by atoms with Gasteiger partial charge in [-0.1, -0.05) is 12.5 Å². The van der Waals surface area contributed by atoms with E-state index in [2.05, 4.69) is 20.6 Å². The molecule has 0 radical (unpaired) electrons. The number of nitrogens with zero attached hydrogens (tertiary/aromatic N) is 2. The second-order valence-electron chi connectivity index (χ2n) is 6.00. The van der Waals surface area contributed by atoms with Gasteiger partial charge in [0.1, 0.15) is 6.10 Å². The topological polar surface area (TPSA) is 67.8 Å². The first-order valence-corrected chi connectivity index (χ1v) is 8.94. The Kier molecular flexibility index (Phi) is 8.38. The Hall–Kier alpha value is -1.82. The maximum absolute atomic E-state index is 5.95. The molecule has 1 aromatic rings. The van der Waals surface area contributed by atoms with E-state index in [1.807, 2.05) is 25.3 Å². The fourth-order valence-corrected chi connectivity index (χ4v) is 2.71. The number of pyridine rings is 1. The summed E-state index contributed by atoms with van der Waals surface area (Å²) in [5, 5.41) is 6.44. The number of aromatic nitrogens is 1. The summed E-state index contributed by atoms with van der Waals surface area (Å²) in [6.07, 6.45) is 8.33. The maximum Gasteiger partial charge on any atom is 0.213 e. The molecule has 0 unspecified atom stereocenters. The molecule has 1 aromatic heterocycles. The highest BCUT2D eigenvalue weighted by atomic mass is 16.5. The van der Waals surface area contributed by atoms with E-state index in [0.717, 1.165) is 43.3 Å². The summed E-state index contributed by atoms with van der Waals surface area (Å²) in [5.74, 6) is 1.51. The van der Waals surface area contributed by atoms with Crippen LogP contribution < -0.4 is 15.4 Å². The van der Waals surface area contributed by atoms with Crippen LogP contribution in [0.1, 0.15) is 44.6 Å². The van der Waals surface area contributed by atoms with Crippen LogP contribution in [0.25, 0.3) is 0 Å². The lowest BCUT2D eigenvalue weighted by molar-refractivity contribution is 0.148. The first-order chi connectivity index (χ1) is 11.8. The first kappa shape index (κ1) is 18.5. The van der Waals surface area contributed by atoms with Gasteiger partial charge in [-0.25, -0.2) is 9.98 Å². The van der Waals surface area contributed by atoms with Gasteiger partial charge in [0.05, 0.1) is 13.2 Å². The van der Waals surface area contributed by atoms with Gasteiger partial charge < -0.3 is 20.1 Å². The molecule has 0 saturated heterocycles. The predicted octanol–water partition coefficient (Wildman–Crippen LogP) is 2.49. The predicted molar refractivity (Wildman–Crippen MR) is 96.4 cm³/mol. The molecule has 1 saturated carbocycles. The largest absolute Gasteiger partial charge is 0.474 e. The van der Waals surface area contributed by atoms with Crippen LogP contribution in [0.3, 0.4) is 0 Å². The quantitative estimate of drug-likeness (QED) is 0.434. The Balaban J connectivity index is 1.83. The highest BCUT2D eigenvalue weighted by molar-refractivity contribution is 5.79. The van der Waals surface area contributed by atoms with Crippen molar-refractivity contribution in [3.63, 3.8) is 0 Å². The Labute approximate surface area is 145 Å². The fraction of sp³-hybridized carbons (Fsp3) is 0.667. The Morgan fingerprint density at radius 1 is 1.25 bits per heavy atom. The molecule has 2 rings (SSSR count). The highest BCUT2D eigenvalue weighted by Crippen LogP contribution is 2.22. The molecule has 2 N–H and O–H groups in total. The van der Waals surface area contributed by atoms with Crippen LogP contribution in [0.2, 0.25) is 0 Å². The monoisotopic (exact) mass is 334 g/mol. The molecular weight excluding hydrogens is 304 g/mol. The van der Waals surface area contributed by atoms with E-state index < -0.39 is 0 Å². The van der Waals surface area contributed by atoms with Crippen LogP contribution in [0.5, 0.6) is 5.88 Å². The molecule has 1 fully saturated rings. The van der Waals surface area contributed by atoms with Crippen LogP contribution in [0, 0.1) is 0 Å². The Morgan fingerprint density at radius 2 is 2.08 bits per heavy atom. The molecule has 1 aliphatic carbocycles. The molecule has 1 aliphatic rings. The van der Waals surface area contributed by atoms with Gasteiger partial charge in [-0.15, -0.1) is 0 Å². The zero-order chi connectivity index (χ0) is 17.0. The van der Waals surface area contributed by atoms with Crippen molar-refractivity contribution in [2.45, 2.75) is 51.7 Å². The molecule has 1 heterocycles. The number of hydrogen-bond acceptors (Lipinski definition) is 4. The molecule has 0 bridgehead atoms. The van der Waals surface area contributed by atoms with Gasteiger partial charge in [-0.2, -0.15) is 0 Å². The second kappa shape index (κ2) is 10.9. The van der Waals surface area contributed by atoms with Gasteiger partial charge in [0.25, 0.3) is 0 Å². The number of nitrogens with one attached hydrogen (secondary N) is 2. The second-order valence-corrected chi connectivity index (χ2v) is 6.00. The summed E-state index contributed by atoms with van der Waals surface area (Å²) >= 11 is 0. The highest BCUT2D eigenvalue weighted by Gasteiger charge is 2.15. The first-order valence-electron chi connectivity index (χ1n) is 8.94. The van der Waals surface area contributed by atoms with Gasteiger partial charge in [-0.05, 0) is 38.2 Å². The number of rotatable bonds is 8. The van der Waals surface area contributed by atoms with Crippen molar-refractivity contribution in [1.82, 2.24) is 15.6 Å². The number of hydrogen-bond donors (Lipinski definition) is 2. The normalized spacial score (nSPS) is 16.0. The van der Waals surface area contributed by atoms with Crippen molar-refractivity contribution in [3.05, 3.63) is 23.9 Å². The van der Waals surface area contributed by atoms with Crippen LogP contribution in [0.4, 0.5) is 0 Å². The van der Waals surface area contributed by atoms with Gasteiger partial charge >= 0.3 is 0 Å². The molecule has 0 spiro atoms. The van der Waals surface area contributed by atoms with E-state index in [4.69, 9.17) is 9.47 Å². The van der Waals surface area contributed by atoms with Crippen LogP contribution in [0.15, 0.2) is 23.3 Å². The average Bonchev–Trinajstić information content (AvgIpc) is 2.62.